The van der Waals surface area contributed by atoms with Crippen LogP contribution in [0.4, 0.5) is 5.69 Å². The fraction of sp³-hybridized carbons (Fsp3) is 0.200. The molecule has 0 atom stereocenters. The van der Waals surface area contributed by atoms with E-state index in [9.17, 15) is 9.59 Å². The van der Waals surface area contributed by atoms with Crippen molar-refractivity contribution >= 4 is 33.5 Å². The van der Waals surface area contributed by atoms with Gasteiger partial charge in [0.05, 0.1) is 11.0 Å². The first kappa shape index (κ1) is 16.2. The van der Waals surface area contributed by atoms with Crippen molar-refractivity contribution in [2.75, 3.05) is 5.32 Å². The van der Waals surface area contributed by atoms with E-state index < -0.39 is 0 Å². The van der Waals surface area contributed by atoms with Crippen LogP contribution in [0.15, 0.2) is 59.5 Å². The van der Waals surface area contributed by atoms with Gasteiger partial charge in [0.25, 0.3) is 0 Å². The summed E-state index contributed by atoms with van der Waals surface area (Å²) in [7, 11) is 3.47. The Bertz CT molecular complexity index is 1180. The lowest BCUT2D eigenvalue weighted by Gasteiger charge is -2.08. The van der Waals surface area contributed by atoms with Crippen molar-refractivity contribution in [3.63, 3.8) is 0 Å². The van der Waals surface area contributed by atoms with E-state index in [4.69, 9.17) is 0 Å². The number of hydrogen-bond acceptors (Lipinski definition) is 2. The molecule has 6 heteroatoms. The molecule has 2 aromatic heterocycles. The summed E-state index contributed by atoms with van der Waals surface area (Å²) in [5, 5.41) is 4.09. The van der Waals surface area contributed by atoms with Gasteiger partial charge in [-0.05, 0) is 35.7 Å². The zero-order valence-corrected chi connectivity index (χ0v) is 14.8. The third-order valence-corrected chi connectivity index (χ3v) is 4.82. The van der Waals surface area contributed by atoms with Crippen LogP contribution in [0.2, 0.25) is 0 Å². The predicted octanol–water partition coefficient (Wildman–Crippen LogP) is 2.86. The van der Waals surface area contributed by atoms with E-state index in [1.165, 1.54) is 5.39 Å². The fourth-order valence-electron chi connectivity index (χ4n) is 3.37. The number of nitrogens with zero attached hydrogens (tertiary/aromatic N) is 3. The summed E-state index contributed by atoms with van der Waals surface area (Å²) in [4.78, 5) is 24.3. The number of benzene rings is 2. The Hall–Kier alpha value is -3.28. The number of aromatic nitrogens is 3. The highest BCUT2D eigenvalue weighted by Gasteiger charge is 2.10. The normalized spacial score (nSPS) is 11.3. The summed E-state index contributed by atoms with van der Waals surface area (Å²) < 4.78 is 5.26. The van der Waals surface area contributed by atoms with Crippen molar-refractivity contribution < 1.29 is 4.79 Å². The molecule has 0 saturated carbocycles. The summed E-state index contributed by atoms with van der Waals surface area (Å²) in [6.45, 7) is 0.616. The second-order valence-electron chi connectivity index (χ2n) is 6.47. The standard InChI is InChI=1S/C20H20N4O2/c1-22-17-8-7-15(13-18(17)23(2)20(22)26)21-19(25)10-12-24-11-9-14-5-3-4-6-16(14)24/h3-9,11,13H,10,12H2,1-2H3,(H,21,25). The third-order valence-electron chi connectivity index (χ3n) is 4.82. The van der Waals surface area contributed by atoms with Crippen LogP contribution in [-0.2, 0) is 25.4 Å². The lowest BCUT2D eigenvalue weighted by molar-refractivity contribution is -0.116. The molecule has 0 fully saturated rings. The van der Waals surface area contributed by atoms with Gasteiger partial charge in [0.15, 0.2) is 0 Å². The van der Waals surface area contributed by atoms with Gasteiger partial charge < -0.3 is 9.88 Å². The highest BCUT2D eigenvalue weighted by atomic mass is 16.2. The quantitative estimate of drug-likeness (QED) is 0.616. The number of fused-ring (bicyclic) bond motifs is 2. The van der Waals surface area contributed by atoms with Gasteiger partial charge in [-0.25, -0.2) is 4.79 Å². The average molecular weight is 348 g/mol. The predicted molar refractivity (Wildman–Crippen MR) is 103 cm³/mol. The van der Waals surface area contributed by atoms with Crippen LogP contribution >= 0.6 is 0 Å². The van der Waals surface area contributed by atoms with Gasteiger partial charge in [0.2, 0.25) is 5.91 Å². The van der Waals surface area contributed by atoms with Crippen molar-refractivity contribution in [3.05, 3.63) is 65.2 Å². The third kappa shape index (κ3) is 2.69. The van der Waals surface area contributed by atoms with Crippen molar-refractivity contribution in [1.29, 1.82) is 0 Å². The first-order valence-corrected chi connectivity index (χ1v) is 8.54. The number of imidazole rings is 1. The minimum Gasteiger partial charge on any atom is -0.347 e. The Kier molecular flexibility index (Phi) is 3.88. The highest BCUT2D eigenvalue weighted by molar-refractivity contribution is 5.93. The number of amides is 1. The number of anilines is 1. The highest BCUT2D eigenvalue weighted by Crippen LogP contribution is 2.18. The van der Waals surface area contributed by atoms with Crippen LogP contribution in [0.1, 0.15) is 6.42 Å². The maximum absolute atomic E-state index is 12.3. The molecule has 0 spiro atoms. The molecule has 0 radical (unpaired) electrons. The van der Waals surface area contributed by atoms with Gasteiger partial charge in [0, 0.05) is 44.5 Å². The Labute approximate surface area is 150 Å². The van der Waals surface area contributed by atoms with Crippen molar-refractivity contribution in [1.82, 2.24) is 13.7 Å². The number of nitrogens with one attached hydrogen (secondary N) is 1. The van der Waals surface area contributed by atoms with Gasteiger partial charge in [-0.15, -0.1) is 0 Å². The smallest absolute Gasteiger partial charge is 0.328 e. The number of para-hydroxylation sites is 1. The maximum atomic E-state index is 12.3. The average Bonchev–Trinajstić information content (AvgIpc) is 3.15. The van der Waals surface area contributed by atoms with E-state index in [1.54, 1.807) is 23.2 Å². The zero-order valence-electron chi connectivity index (χ0n) is 14.8. The molecule has 1 N–H and O–H groups in total. The Morgan fingerprint density at radius 2 is 1.73 bits per heavy atom. The molecule has 4 rings (SSSR count). The van der Waals surface area contributed by atoms with Gasteiger partial charge in [-0.1, -0.05) is 18.2 Å². The second-order valence-corrected chi connectivity index (χ2v) is 6.47. The summed E-state index contributed by atoms with van der Waals surface area (Å²) in [6, 6.07) is 15.7. The van der Waals surface area contributed by atoms with Crippen LogP contribution in [0.5, 0.6) is 0 Å². The van der Waals surface area contributed by atoms with E-state index in [0.717, 1.165) is 16.6 Å². The lowest BCUT2D eigenvalue weighted by Crippen LogP contribution is -2.19. The number of carbonyl (C=O) groups excluding carboxylic acids is 1. The summed E-state index contributed by atoms with van der Waals surface area (Å²) >= 11 is 0. The van der Waals surface area contributed by atoms with E-state index >= 15 is 0 Å². The maximum Gasteiger partial charge on any atom is 0.328 e. The number of aryl methyl sites for hydroxylation is 3. The zero-order chi connectivity index (χ0) is 18.3. The fourth-order valence-corrected chi connectivity index (χ4v) is 3.37. The molecule has 0 aliphatic rings. The molecule has 2 heterocycles. The van der Waals surface area contributed by atoms with Gasteiger partial charge in [-0.3, -0.25) is 13.9 Å². The monoisotopic (exact) mass is 348 g/mol. The Morgan fingerprint density at radius 1 is 0.962 bits per heavy atom. The largest absolute Gasteiger partial charge is 0.347 e. The molecule has 0 aliphatic heterocycles. The summed E-state index contributed by atoms with van der Waals surface area (Å²) in [6.07, 6.45) is 2.38. The molecule has 2 aromatic carbocycles. The van der Waals surface area contributed by atoms with Crippen molar-refractivity contribution in [3.8, 4) is 0 Å². The first-order chi connectivity index (χ1) is 12.5. The van der Waals surface area contributed by atoms with Crippen LogP contribution in [0, 0.1) is 0 Å². The molecule has 132 valence electrons. The lowest BCUT2D eigenvalue weighted by atomic mass is 10.2. The molecule has 6 nitrogen and oxygen atoms in total. The van der Waals surface area contributed by atoms with E-state index in [1.807, 2.05) is 36.5 Å². The minimum atomic E-state index is -0.0806. The van der Waals surface area contributed by atoms with E-state index in [0.29, 0.717) is 18.7 Å². The van der Waals surface area contributed by atoms with Crippen molar-refractivity contribution in [2.24, 2.45) is 14.1 Å². The van der Waals surface area contributed by atoms with Gasteiger partial charge >= 0.3 is 5.69 Å². The summed E-state index contributed by atoms with van der Waals surface area (Å²) in [5.41, 5.74) is 3.38. The number of carbonyl (C=O) groups is 1. The van der Waals surface area contributed by atoms with E-state index in [2.05, 4.69) is 28.1 Å². The Balaban J connectivity index is 1.49. The first-order valence-electron chi connectivity index (χ1n) is 8.54. The van der Waals surface area contributed by atoms with Crippen LogP contribution < -0.4 is 11.0 Å². The van der Waals surface area contributed by atoms with Gasteiger partial charge in [-0.2, -0.15) is 0 Å². The molecule has 4 aromatic rings. The molecule has 26 heavy (non-hydrogen) atoms. The number of rotatable bonds is 4. The van der Waals surface area contributed by atoms with Gasteiger partial charge in [0.1, 0.15) is 0 Å². The molecular weight excluding hydrogens is 328 g/mol. The minimum absolute atomic E-state index is 0.0527. The number of hydrogen-bond donors (Lipinski definition) is 1. The second kappa shape index (κ2) is 6.22. The Morgan fingerprint density at radius 3 is 2.58 bits per heavy atom. The summed E-state index contributed by atoms with van der Waals surface area (Å²) in [5.74, 6) is -0.0527. The molecule has 0 aliphatic carbocycles. The molecule has 0 unspecified atom stereocenters. The molecular formula is C20H20N4O2. The SMILES string of the molecule is Cn1c(=O)n(C)c2cc(NC(=O)CCn3ccc4ccccc43)ccc21. The topological polar surface area (TPSA) is 61.0 Å². The van der Waals surface area contributed by atoms with E-state index in [-0.39, 0.29) is 11.6 Å². The molecule has 1 amide bonds. The molecule has 0 bridgehead atoms. The van der Waals surface area contributed by atoms with Crippen LogP contribution in [-0.4, -0.2) is 19.6 Å². The van der Waals surface area contributed by atoms with Crippen LogP contribution in [0.25, 0.3) is 21.9 Å². The van der Waals surface area contributed by atoms with Crippen molar-refractivity contribution in [2.45, 2.75) is 13.0 Å². The molecule has 0 saturated heterocycles. The van der Waals surface area contributed by atoms with Crippen LogP contribution in [0.3, 0.4) is 0 Å².